The Bertz CT molecular complexity index is 528. The highest BCUT2D eigenvalue weighted by atomic mass is 16.7. The summed E-state index contributed by atoms with van der Waals surface area (Å²) in [5.41, 5.74) is 0.460. The van der Waals surface area contributed by atoms with Gasteiger partial charge >= 0.3 is 0 Å². The molecule has 24 heavy (non-hydrogen) atoms. The van der Waals surface area contributed by atoms with Gasteiger partial charge in [-0.1, -0.05) is 27.7 Å². The van der Waals surface area contributed by atoms with Gasteiger partial charge in [0.05, 0.1) is 31.5 Å². The molecule has 1 aliphatic carbocycles. The van der Waals surface area contributed by atoms with Crippen molar-refractivity contribution in [1.82, 2.24) is 0 Å². The van der Waals surface area contributed by atoms with Crippen LogP contribution in [0, 0.1) is 28.1 Å². The van der Waals surface area contributed by atoms with E-state index in [4.69, 9.17) is 18.9 Å². The third kappa shape index (κ3) is 1.79. The predicted molar refractivity (Wildman–Crippen MR) is 89.5 cm³/mol. The van der Waals surface area contributed by atoms with Gasteiger partial charge in [-0.2, -0.15) is 0 Å². The van der Waals surface area contributed by atoms with E-state index < -0.39 is 0 Å². The van der Waals surface area contributed by atoms with Crippen LogP contribution in [0.1, 0.15) is 53.4 Å². The molecule has 0 amide bonds. The second-order valence-corrected chi connectivity index (χ2v) is 10.1. The molecule has 0 aromatic carbocycles. The molecule has 4 nitrogen and oxygen atoms in total. The molecule has 5 aliphatic rings. The van der Waals surface area contributed by atoms with Crippen molar-refractivity contribution in [2.45, 2.75) is 78.0 Å². The summed E-state index contributed by atoms with van der Waals surface area (Å²) in [6.07, 6.45) is 5.41. The van der Waals surface area contributed by atoms with E-state index >= 15 is 0 Å². The summed E-state index contributed by atoms with van der Waals surface area (Å²) in [5, 5.41) is 0. The first-order chi connectivity index (χ1) is 11.4. The molecular weight excluding hydrogens is 304 g/mol. The van der Waals surface area contributed by atoms with E-state index in [0.717, 1.165) is 39.1 Å². The van der Waals surface area contributed by atoms with E-state index in [1.807, 2.05) is 0 Å². The molecule has 1 saturated carbocycles. The highest BCUT2D eigenvalue weighted by molar-refractivity contribution is 5.25. The van der Waals surface area contributed by atoms with Gasteiger partial charge in [0, 0.05) is 17.4 Å². The van der Waals surface area contributed by atoms with Crippen LogP contribution >= 0.6 is 0 Å². The van der Waals surface area contributed by atoms with E-state index in [-0.39, 0.29) is 28.6 Å². The summed E-state index contributed by atoms with van der Waals surface area (Å²) in [4.78, 5) is 0. The van der Waals surface area contributed by atoms with Crippen LogP contribution in [0.2, 0.25) is 0 Å². The van der Waals surface area contributed by atoms with Crippen LogP contribution in [-0.2, 0) is 18.9 Å². The van der Waals surface area contributed by atoms with E-state index in [9.17, 15) is 0 Å². The van der Waals surface area contributed by atoms with Gasteiger partial charge in [-0.25, -0.2) is 0 Å². The molecule has 0 N–H and O–H groups in total. The van der Waals surface area contributed by atoms with Gasteiger partial charge < -0.3 is 18.9 Å². The lowest BCUT2D eigenvalue weighted by atomic mass is 9.54. The molecular formula is C20H32O4. The zero-order valence-corrected chi connectivity index (χ0v) is 15.5. The van der Waals surface area contributed by atoms with Crippen molar-refractivity contribution in [3.8, 4) is 0 Å². The van der Waals surface area contributed by atoms with Crippen molar-refractivity contribution >= 4 is 0 Å². The number of ether oxygens (including phenoxy) is 4. The van der Waals surface area contributed by atoms with Crippen molar-refractivity contribution < 1.29 is 18.9 Å². The van der Waals surface area contributed by atoms with Gasteiger partial charge in [0.2, 0.25) is 0 Å². The van der Waals surface area contributed by atoms with Crippen LogP contribution in [0.4, 0.5) is 0 Å². The Morgan fingerprint density at radius 1 is 1.00 bits per heavy atom. The molecule has 1 spiro atoms. The van der Waals surface area contributed by atoms with Crippen LogP contribution in [-0.4, -0.2) is 44.4 Å². The zero-order valence-electron chi connectivity index (χ0n) is 15.5. The Labute approximate surface area is 145 Å². The van der Waals surface area contributed by atoms with Crippen LogP contribution in [0.3, 0.4) is 0 Å². The molecule has 4 heteroatoms. The molecule has 6 unspecified atom stereocenters. The third-order valence-corrected chi connectivity index (χ3v) is 7.92. The SMILES string of the molecule is C[C@@H]1COC(CC23C4C[C@@H](C(C)(C)C)C25CCOC5OC3CO4)C1. The summed E-state index contributed by atoms with van der Waals surface area (Å²) >= 11 is 0. The average Bonchev–Trinajstić information content (AvgIpc) is 3.21. The summed E-state index contributed by atoms with van der Waals surface area (Å²) < 4.78 is 25.2. The first-order valence-corrected chi connectivity index (χ1v) is 9.88. The highest BCUT2D eigenvalue weighted by Gasteiger charge is 2.80. The molecule has 0 bridgehead atoms. The van der Waals surface area contributed by atoms with E-state index in [2.05, 4.69) is 27.7 Å². The van der Waals surface area contributed by atoms with Gasteiger partial charge in [-0.3, -0.25) is 0 Å². The highest BCUT2D eigenvalue weighted by Crippen LogP contribution is 2.76. The normalized spacial score (nSPS) is 56.0. The first-order valence-electron chi connectivity index (χ1n) is 9.88. The van der Waals surface area contributed by atoms with E-state index in [0.29, 0.717) is 24.0 Å². The summed E-state index contributed by atoms with van der Waals surface area (Å²) in [6, 6.07) is 0. The van der Waals surface area contributed by atoms with Crippen molar-refractivity contribution in [2.75, 3.05) is 19.8 Å². The third-order valence-electron chi connectivity index (χ3n) is 7.92. The van der Waals surface area contributed by atoms with E-state index in [1.54, 1.807) is 0 Å². The van der Waals surface area contributed by atoms with Crippen LogP contribution < -0.4 is 0 Å². The van der Waals surface area contributed by atoms with Gasteiger partial charge in [0.25, 0.3) is 0 Å². The fraction of sp³-hybridized carbons (Fsp3) is 1.00. The number of rotatable bonds is 2. The maximum atomic E-state index is 6.50. The van der Waals surface area contributed by atoms with Crippen LogP contribution in [0.5, 0.6) is 0 Å². The lowest BCUT2D eigenvalue weighted by molar-refractivity contribution is -0.151. The molecule has 0 radical (unpaired) electrons. The fourth-order valence-corrected chi connectivity index (χ4v) is 7.18. The maximum absolute atomic E-state index is 6.50. The molecule has 5 rings (SSSR count). The van der Waals surface area contributed by atoms with Gasteiger partial charge in [-0.15, -0.1) is 0 Å². The minimum absolute atomic E-state index is 0.0283. The van der Waals surface area contributed by atoms with Crippen LogP contribution in [0.25, 0.3) is 0 Å². The molecule has 136 valence electrons. The average molecular weight is 336 g/mol. The first kappa shape index (κ1) is 16.0. The molecule has 4 saturated heterocycles. The number of hydrogen-bond acceptors (Lipinski definition) is 4. The minimum Gasteiger partial charge on any atom is -0.378 e. The lowest BCUT2D eigenvalue weighted by Gasteiger charge is -2.47. The van der Waals surface area contributed by atoms with Gasteiger partial charge in [0.15, 0.2) is 6.29 Å². The fourth-order valence-electron chi connectivity index (χ4n) is 7.18. The summed E-state index contributed by atoms with van der Waals surface area (Å²) in [7, 11) is 0. The van der Waals surface area contributed by atoms with Crippen molar-refractivity contribution in [3.05, 3.63) is 0 Å². The standard InChI is InChI=1S/C20H32O4/c1-12-7-13(22-10-12)9-20-15-8-14(18(2,3)4)19(20)5-6-21-17(19)24-16(20)11-23-15/h12-17H,5-11H2,1-4H3/t12-,13?,14-,15?,16?,17?,19?,20?/m0/s1. The Morgan fingerprint density at radius 3 is 2.54 bits per heavy atom. The molecule has 0 aromatic rings. The lowest BCUT2D eigenvalue weighted by Crippen LogP contribution is -2.50. The molecule has 4 heterocycles. The Morgan fingerprint density at radius 2 is 1.83 bits per heavy atom. The second-order valence-electron chi connectivity index (χ2n) is 10.1. The largest absolute Gasteiger partial charge is 0.378 e. The number of hydrogen-bond donors (Lipinski definition) is 0. The smallest absolute Gasteiger partial charge is 0.164 e. The van der Waals surface area contributed by atoms with Crippen LogP contribution in [0.15, 0.2) is 0 Å². The van der Waals surface area contributed by atoms with Gasteiger partial charge in [0.1, 0.15) is 0 Å². The molecule has 4 aliphatic heterocycles. The second kappa shape index (κ2) is 4.97. The maximum Gasteiger partial charge on any atom is 0.164 e. The monoisotopic (exact) mass is 336 g/mol. The van der Waals surface area contributed by atoms with Crippen molar-refractivity contribution in [1.29, 1.82) is 0 Å². The topological polar surface area (TPSA) is 36.9 Å². The van der Waals surface area contributed by atoms with Gasteiger partial charge in [-0.05, 0) is 42.9 Å². The zero-order chi connectivity index (χ0) is 16.7. The Balaban J connectivity index is 1.58. The summed E-state index contributed by atoms with van der Waals surface area (Å²) in [6.45, 7) is 11.9. The predicted octanol–water partition coefficient (Wildman–Crippen LogP) is 3.38. The minimum atomic E-state index is -0.0283. The van der Waals surface area contributed by atoms with E-state index in [1.165, 1.54) is 6.42 Å². The van der Waals surface area contributed by atoms with Crippen molar-refractivity contribution in [3.63, 3.8) is 0 Å². The molecule has 0 aromatic heterocycles. The Kier molecular flexibility index (Phi) is 3.32. The van der Waals surface area contributed by atoms with Crippen molar-refractivity contribution in [2.24, 2.45) is 28.1 Å². The molecule has 5 fully saturated rings. The Hall–Kier alpha value is -0.160. The molecule has 8 atom stereocenters. The quantitative estimate of drug-likeness (QED) is 0.775. The summed E-state index contributed by atoms with van der Waals surface area (Å²) in [5.74, 6) is 1.27.